The van der Waals surface area contributed by atoms with E-state index in [-0.39, 0.29) is 17.8 Å². The van der Waals surface area contributed by atoms with Gasteiger partial charge in [0.1, 0.15) is 22.2 Å². The highest BCUT2D eigenvalue weighted by molar-refractivity contribution is 7.92. The molecule has 1 aliphatic rings. The summed E-state index contributed by atoms with van der Waals surface area (Å²) < 4.78 is 160. The van der Waals surface area contributed by atoms with E-state index < -0.39 is 109 Å². The van der Waals surface area contributed by atoms with Gasteiger partial charge < -0.3 is 14.6 Å². The standard InChI is InChI=1S/C32H24F9N3O6S/c33-20-8-10-22(11-9-20)51(48,49)29(12-13-44(17-29)27(46)15-21-14-26(45)43-28(47)42-21)18-4-6-19(7-5-18)30(31(36,37)38,32(39,40)41)50-16-23-24(34)2-1-3-25(23)35/h1-11,14H,12-13,15-17H2,(H2,42,43,45,47)/t29-/m0/s1. The number of hydrogen-bond donors (Lipinski definition) is 2. The highest BCUT2D eigenvalue weighted by Gasteiger charge is 2.73. The second-order valence-electron chi connectivity index (χ2n) is 11.5. The lowest BCUT2D eigenvalue weighted by atomic mass is 9.88. The fourth-order valence-electron chi connectivity index (χ4n) is 5.93. The number of sulfone groups is 1. The van der Waals surface area contributed by atoms with E-state index in [1.807, 2.05) is 4.98 Å². The number of likely N-dealkylation sites (tertiary alicyclic amines) is 1. The van der Waals surface area contributed by atoms with Crippen molar-refractivity contribution in [3.8, 4) is 0 Å². The minimum atomic E-state index is -6.27. The summed E-state index contributed by atoms with van der Waals surface area (Å²) in [6.45, 7) is -2.83. The van der Waals surface area contributed by atoms with Crippen molar-refractivity contribution in [1.82, 2.24) is 14.9 Å². The molecule has 2 heterocycles. The van der Waals surface area contributed by atoms with Gasteiger partial charge in [-0.2, -0.15) is 26.3 Å². The molecule has 272 valence electrons. The van der Waals surface area contributed by atoms with Crippen LogP contribution >= 0.6 is 0 Å². The molecule has 0 radical (unpaired) electrons. The van der Waals surface area contributed by atoms with Crippen molar-refractivity contribution in [1.29, 1.82) is 0 Å². The first kappa shape index (κ1) is 37.3. The maximum atomic E-state index is 14.5. The van der Waals surface area contributed by atoms with Gasteiger partial charge >= 0.3 is 18.0 Å². The van der Waals surface area contributed by atoms with Crippen LogP contribution in [0.1, 0.15) is 28.8 Å². The van der Waals surface area contributed by atoms with E-state index in [9.17, 15) is 62.3 Å². The lowest BCUT2D eigenvalue weighted by Crippen LogP contribution is -2.56. The Labute approximate surface area is 281 Å². The molecule has 4 aromatic rings. The number of aromatic nitrogens is 2. The number of carbonyl (C=O) groups is 1. The Bertz CT molecular complexity index is 2100. The SMILES string of the molecule is O=C(Cc1cc(=O)[nH]c(=O)[nH]1)N1CC[C@](c2ccc(C(OCc3c(F)cccc3F)(C(F)(F)F)C(F)(F)F)cc2)(S(=O)(=O)c2ccc(F)cc2)C1. The van der Waals surface area contributed by atoms with Gasteiger partial charge in [0, 0.05) is 36.0 Å². The number of halogens is 9. The number of carbonyl (C=O) groups excluding carboxylic acids is 1. The van der Waals surface area contributed by atoms with Gasteiger partial charge in [-0.05, 0) is 48.4 Å². The molecule has 1 aliphatic heterocycles. The second kappa shape index (κ2) is 13.3. The third-order valence-corrected chi connectivity index (χ3v) is 11.0. The predicted molar refractivity (Wildman–Crippen MR) is 159 cm³/mol. The van der Waals surface area contributed by atoms with Crippen LogP contribution in [-0.4, -0.2) is 54.6 Å². The Morgan fingerprint density at radius 2 is 1.43 bits per heavy atom. The first-order valence-corrected chi connectivity index (χ1v) is 16.1. The number of rotatable bonds is 9. The van der Waals surface area contributed by atoms with Crippen LogP contribution in [0.25, 0.3) is 0 Å². The molecule has 2 N–H and O–H groups in total. The zero-order valence-electron chi connectivity index (χ0n) is 25.7. The molecule has 1 amide bonds. The molecule has 5 rings (SSSR count). The predicted octanol–water partition coefficient (Wildman–Crippen LogP) is 5.16. The molecule has 1 atom stereocenters. The first-order valence-electron chi connectivity index (χ1n) is 14.6. The topological polar surface area (TPSA) is 129 Å². The van der Waals surface area contributed by atoms with Gasteiger partial charge in [-0.1, -0.05) is 30.3 Å². The molecule has 9 nitrogen and oxygen atoms in total. The number of hydrogen-bond acceptors (Lipinski definition) is 6. The number of aromatic amines is 2. The fourth-order valence-corrected chi connectivity index (χ4v) is 8.01. The Morgan fingerprint density at radius 1 is 0.843 bits per heavy atom. The third kappa shape index (κ3) is 6.78. The number of benzene rings is 3. The highest BCUT2D eigenvalue weighted by Crippen LogP contribution is 2.54. The molecule has 19 heteroatoms. The molecule has 0 bridgehead atoms. The van der Waals surface area contributed by atoms with Gasteiger partial charge in [0.05, 0.1) is 17.9 Å². The van der Waals surface area contributed by atoms with Crippen molar-refractivity contribution < 1.29 is 57.5 Å². The lowest BCUT2D eigenvalue weighted by Gasteiger charge is -2.38. The average molecular weight is 750 g/mol. The quantitative estimate of drug-likeness (QED) is 0.180. The van der Waals surface area contributed by atoms with Gasteiger partial charge in [-0.25, -0.2) is 26.4 Å². The summed E-state index contributed by atoms with van der Waals surface area (Å²) in [7, 11) is -4.72. The molecule has 1 aromatic heterocycles. The van der Waals surface area contributed by atoms with Gasteiger partial charge in [-0.15, -0.1) is 0 Å². The van der Waals surface area contributed by atoms with E-state index in [1.54, 1.807) is 0 Å². The summed E-state index contributed by atoms with van der Waals surface area (Å²) in [5.41, 5.74) is -10.3. The Morgan fingerprint density at radius 3 is 1.98 bits per heavy atom. The molecule has 1 fully saturated rings. The number of nitrogens with zero attached hydrogens (tertiary/aromatic N) is 1. The molecule has 0 aliphatic carbocycles. The zero-order chi connectivity index (χ0) is 37.6. The normalized spacial score (nSPS) is 17.2. The summed E-state index contributed by atoms with van der Waals surface area (Å²) in [4.78, 5) is 41.2. The van der Waals surface area contributed by atoms with E-state index >= 15 is 0 Å². The molecule has 0 unspecified atom stereocenters. The van der Waals surface area contributed by atoms with Crippen LogP contribution in [-0.2, 0) is 42.7 Å². The monoisotopic (exact) mass is 749 g/mol. The molecule has 3 aromatic carbocycles. The maximum Gasteiger partial charge on any atom is 0.430 e. The van der Waals surface area contributed by atoms with Crippen molar-refractivity contribution in [2.24, 2.45) is 0 Å². The Hall–Kier alpha value is -4.91. The maximum absolute atomic E-state index is 14.5. The van der Waals surface area contributed by atoms with Gasteiger partial charge in [-0.3, -0.25) is 14.6 Å². The smallest absolute Gasteiger partial charge is 0.349 e. The Balaban J connectivity index is 1.59. The van der Waals surface area contributed by atoms with Crippen molar-refractivity contribution >= 4 is 15.7 Å². The minimum absolute atomic E-state index is 0.136. The van der Waals surface area contributed by atoms with Gasteiger partial charge in [0.2, 0.25) is 5.91 Å². The molecule has 0 spiro atoms. The van der Waals surface area contributed by atoms with Crippen molar-refractivity contribution in [3.05, 3.63) is 133 Å². The fraction of sp³-hybridized carbons (Fsp3) is 0.281. The minimum Gasteiger partial charge on any atom is -0.349 e. The summed E-state index contributed by atoms with van der Waals surface area (Å²) >= 11 is 0. The van der Waals surface area contributed by atoms with Gasteiger partial charge in [0.25, 0.3) is 11.2 Å². The molecule has 0 saturated carbocycles. The van der Waals surface area contributed by atoms with Crippen LogP contribution in [0.4, 0.5) is 39.5 Å². The Kier molecular flexibility index (Phi) is 9.76. The van der Waals surface area contributed by atoms with Crippen molar-refractivity contribution in [2.75, 3.05) is 13.1 Å². The number of ether oxygens (including phenoxy) is 1. The van der Waals surface area contributed by atoms with Crippen LogP contribution in [0.15, 0.2) is 87.3 Å². The van der Waals surface area contributed by atoms with Crippen molar-refractivity contribution in [2.45, 2.75) is 47.0 Å². The lowest BCUT2D eigenvalue weighted by molar-refractivity contribution is -0.392. The number of H-pyrrole nitrogens is 2. The van der Waals surface area contributed by atoms with Crippen molar-refractivity contribution in [3.63, 3.8) is 0 Å². The largest absolute Gasteiger partial charge is 0.430 e. The van der Waals surface area contributed by atoms with E-state index in [1.165, 1.54) is 0 Å². The van der Waals surface area contributed by atoms with Crippen LogP contribution in [0.2, 0.25) is 0 Å². The van der Waals surface area contributed by atoms with E-state index in [0.717, 1.165) is 41.3 Å². The van der Waals surface area contributed by atoms with Crippen LogP contribution in [0, 0.1) is 17.5 Å². The molecule has 51 heavy (non-hydrogen) atoms. The van der Waals surface area contributed by atoms with E-state index in [4.69, 9.17) is 0 Å². The van der Waals surface area contributed by atoms with E-state index in [0.29, 0.717) is 36.4 Å². The second-order valence-corrected chi connectivity index (χ2v) is 13.8. The molecular weight excluding hydrogens is 725 g/mol. The first-order chi connectivity index (χ1) is 23.7. The number of amides is 1. The zero-order valence-corrected chi connectivity index (χ0v) is 26.5. The number of alkyl halides is 6. The molecular formula is C32H24F9N3O6S. The highest BCUT2D eigenvalue weighted by atomic mass is 32.2. The number of nitrogens with one attached hydrogen (secondary N) is 2. The summed E-state index contributed by atoms with van der Waals surface area (Å²) in [5, 5.41) is 0. The summed E-state index contributed by atoms with van der Waals surface area (Å²) in [5.74, 6) is -4.57. The molecule has 1 saturated heterocycles. The van der Waals surface area contributed by atoms with Crippen LogP contribution < -0.4 is 11.2 Å². The van der Waals surface area contributed by atoms with Gasteiger partial charge in [0.15, 0.2) is 9.84 Å². The van der Waals surface area contributed by atoms with Crippen LogP contribution in [0.5, 0.6) is 0 Å². The summed E-state index contributed by atoms with van der Waals surface area (Å²) in [6.07, 6.45) is -13.6. The third-order valence-electron chi connectivity index (χ3n) is 8.49. The summed E-state index contributed by atoms with van der Waals surface area (Å²) in [6, 6.07) is 8.30. The van der Waals surface area contributed by atoms with E-state index in [2.05, 4.69) is 9.72 Å². The van der Waals surface area contributed by atoms with Crippen LogP contribution in [0.3, 0.4) is 0 Å². The average Bonchev–Trinajstić information content (AvgIpc) is 3.49.